The van der Waals surface area contributed by atoms with E-state index in [2.05, 4.69) is 10.2 Å². The lowest BCUT2D eigenvalue weighted by Crippen LogP contribution is -2.47. The van der Waals surface area contributed by atoms with Gasteiger partial charge in [0.25, 0.3) is 0 Å². The number of hydrogen-bond donors (Lipinski definition) is 1. The zero-order valence-corrected chi connectivity index (χ0v) is 19.6. The number of rotatable bonds is 4. The number of carbonyl (C=O) groups excluding carboxylic acids is 1. The van der Waals surface area contributed by atoms with E-state index in [1.54, 1.807) is 13.8 Å². The van der Waals surface area contributed by atoms with Gasteiger partial charge in [0.05, 0.1) is 16.8 Å². The van der Waals surface area contributed by atoms with E-state index in [0.717, 1.165) is 31.2 Å². The molecule has 168 valence electrons. The van der Waals surface area contributed by atoms with Gasteiger partial charge in [0.2, 0.25) is 15.9 Å². The maximum Gasteiger partial charge on any atom is 0.246 e. The topological polar surface area (TPSA) is 86.4 Å². The van der Waals surface area contributed by atoms with Crippen molar-refractivity contribution < 1.29 is 13.2 Å². The molecule has 0 spiro atoms. The van der Waals surface area contributed by atoms with Gasteiger partial charge in [-0.3, -0.25) is 9.89 Å². The average Bonchev–Trinajstić information content (AvgIpc) is 3.27. The van der Waals surface area contributed by atoms with Gasteiger partial charge in [0, 0.05) is 31.2 Å². The van der Waals surface area contributed by atoms with Crippen LogP contribution >= 0.6 is 11.6 Å². The predicted octanol–water partition coefficient (Wildman–Crippen LogP) is 3.41. The number of carbonyl (C=O) groups is 1. The summed E-state index contributed by atoms with van der Waals surface area (Å²) in [5.41, 5.74) is 1.50. The molecule has 0 atom stereocenters. The quantitative estimate of drug-likeness (QED) is 0.751. The van der Waals surface area contributed by atoms with E-state index >= 15 is 0 Å². The van der Waals surface area contributed by atoms with Gasteiger partial charge >= 0.3 is 0 Å². The summed E-state index contributed by atoms with van der Waals surface area (Å²) < 4.78 is 28.0. The zero-order chi connectivity index (χ0) is 22.2. The Morgan fingerprint density at radius 2 is 1.71 bits per heavy atom. The summed E-state index contributed by atoms with van der Waals surface area (Å²) in [6, 6.07) is 7.61. The molecule has 7 nitrogen and oxygen atoms in total. The van der Waals surface area contributed by atoms with E-state index in [1.165, 1.54) is 4.31 Å². The number of aryl methyl sites for hydroxylation is 2. The van der Waals surface area contributed by atoms with Gasteiger partial charge in [-0.15, -0.1) is 0 Å². The van der Waals surface area contributed by atoms with Crippen LogP contribution in [0.2, 0.25) is 5.02 Å². The van der Waals surface area contributed by atoms with Crippen LogP contribution in [-0.4, -0.2) is 59.9 Å². The Balaban J connectivity index is 1.55. The van der Waals surface area contributed by atoms with E-state index in [-0.39, 0.29) is 17.3 Å². The second-order valence-corrected chi connectivity index (χ2v) is 10.9. The lowest BCUT2D eigenvalue weighted by molar-refractivity contribution is -0.137. The summed E-state index contributed by atoms with van der Waals surface area (Å²) in [6.07, 6.45) is 4.28. The highest BCUT2D eigenvalue weighted by Gasteiger charge is 2.45. The molecule has 0 bridgehead atoms. The third-order valence-electron chi connectivity index (χ3n) is 6.66. The molecule has 1 aromatic carbocycles. The van der Waals surface area contributed by atoms with Crippen LogP contribution in [0, 0.1) is 13.8 Å². The maximum atomic E-state index is 13.8. The Labute approximate surface area is 188 Å². The van der Waals surface area contributed by atoms with Crippen LogP contribution in [0.25, 0.3) is 0 Å². The van der Waals surface area contributed by atoms with E-state index in [9.17, 15) is 13.2 Å². The molecule has 1 aliphatic heterocycles. The molecule has 1 aliphatic carbocycles. The van der Waals surface area contributed by atoms with Crippen LogP contribution in [0.5, 0.6) is 0 Å². The van der Waals surface area contributed by atoms with Crippen LogP contribution in [0.15, 0.2) is 29.2 Å². The minimum atomic E-state index is -3.66. The summed E-state index contributed by atoms with van der Waals surface area (Å²) >= 11 is 6.07. The van der Waals surface area contributed by atoms with E-state index in [4.69, 9.17) is 11.6 Å². The van der Waals surface area contributed by atoms with Gasteiger partial charge in [-0.1, -0.05) is 36.6 Å². The first kappa shape index (κ1) is 22.3. The molecular formula is C22H29ClN4O3S. The minimum absolute atomic E-state index is 0.113. The molecule has 1 saturated heterocycles. The standard InChI is InChI=1S/C22H29ClN4O3S/c1-16-20(17(2)25-24-16)31(29,30)27-13-5-12-26(14-15-27)21(28)22(10-3-4-11-22)18-6-8-19(23)9-7-18/h6-9H,3-5,10-15H2,1-2H3,(H,24,25). The number of aromatic amines is 1. The monoisotopic (exact) mass is 464 g/mol. The second-order valence-electron chi connectivity index (χ2n) is 8.61. The first-order valence-electron chi connectivity index (χ1n) is 10.8. The van der Waals surface area contributed by atoms with Crippen molar-refractivity contribution in [2.75, 3.05) is 26.2 Å². The molecule has 4 rings (SSSR count). The SMILES string of the molecule is Cc1n[nH]c(C)c1S(=O)(=O)N1CCCN(C(=O)C2(c3ccc(Cl)cc3)CCCC2)CC1. The van der Waals surface area contributed by atoms with E-state index < -0.39 is 15.4 Å². The molecule has 1 N–H and O–H groups in total. The summed E-state index contributed by atoms with van der Waals surface area (Å²) in [5.74, 6) is 0.113. The number of hydrogen-bond acceptors (Lipinski definition) is 4. The smallest absolute Gasteiger partial charge is 0.246 e. The van der Waals surface area contributed by atoms with Crippen LogP contribution in [-0.2, 0) is 20.2 Å². The number of benzene rings is 1. The number of sulfonamides is 1. The summed E-state index contributed by atoms with van der Waals surface area (Å²) in [6.45, 7) is 5.04. The highest BCUT2D eigenvalue weighted by Crippen LogP contribution is 2.43. The van der Waals surface area contributed by atoms with Gasteiger partial charge in [-0.05, 0) is 50.8 Å². The van der Waals surface area contributed by atoms with Crippen molar-refractivity contribution in [2.45, 2.75) is 56.3 Å². The largest absolute Gasteiger partial charge is 0.341 e. The third-order valence-corrected chi connectivity index (χ3v) is 9.08. The molecule has 2 aliphatic rings. The molecule has 2 fully saturated rings. The fraction of sp³-hybridized carbons (Fsp3) is 0.545. The highest BCUT2D eigenvalue weighted by molar-refractivity contribution is 7.89. The highest BCUT2D eigenvalue weighted by atomic mass is 35.5. The minimum Gasteiger partial charge on any atom is -0.341 e. The van der Waals surface area contributed by atoms with Gasteiger partial charge in [0.15, 0.2) is 0 Å². The van der Waals surface area contributed by atoms with Crippen molar-refractivity contribution in [3.05, 3.63) is 46.2 Å². The maximum absolute atomic E-state index is 13.8. The van der Waals surface area contributed by atoms with Crippen molar-refractivity contribution in [3.8, 4) is 0 Å². The van der Waals surface area contributed by atoms with Crippen molar-refractivity contribution in [1.82, 2.24) is 19.4 Å². The summed E-state index contributed by atoms with van der Waals surface area (Å²) in [7, 11) is -3.66. The van der Waals surface area contributed by atoms with Crippen LogP contribution < -0.4 is 0 Å². The Morgan fingerprint density at radius 3 is 2.32 bits per heavy atom. The van der Waals surface area contributed by atoms with Gasteiger partial charge in [-0.2, -0.15) is 9.40 Å². The predicted molar refractivity (Wildman–Crippen MR) is 120 cm³/mol. The number of amides is 1. The van der Waals surface area contributed by atoms with Gasteiger partial charge < -0.3 is 4.90 Å². The Kier molecular flexibility index (Phi) is 6.16. The molecule has 0 radical (unpaired) electrons. The molecule has 2 heterocycles. The molecule has 2 aromatic rings. The third kappa shape index (κ3) is 4.01. The molecule has 0 unspecified atom stereocenters. The summed E-state index contributed by atoms with van der Waals surface area (Å²) in [5, 5.41) is 7.46. The summed E-state index contributed by atoms with van der Waals surface area (Å²) in [4.78, 5) is 15.9. The molecule has 1 saturated carbocycles. The number of nitrogens with one attached hydrogen (secondary N) is 1. The molecular weight excluding hydrogens is 436 g/mol. The normalized spacial score (nSPS) is 20.0. The Bertz CT molecular complexity index is 1040. The fourth-order valence-electron chi connectivity index (χ4n) is 5.06. The lowest BCUT2D eigenvalue weighted by Gasteiger charge is -2.34. The second kappa shape index (κ2) is 8.56. The van der Waals surface area contributed by atoms with E-state index in [1.807, 2.05) is 29.2 Å². The Morgan fingerprint density at radius 1 is 1.03 bits per heavy atom. The lowest BCUT2D eigenvalue weighted by atomic mass is 9.77. The number of nitrogens with zero attached hydrogens (tertiary/aromatic N) is 3. The van der Waals surface area contributed by atoms with Crippen molar-refractivity contribution >= 4 is 27.5 Å². The van der Waals surface area contributed by atoms with Gasteiger partial charge in [0.1, 0.15) is 4.90 Å². The average molecular weight is 465 g/mol. The first-order chi connectivity index (χ1) is 14.8. The van der Waals surface area contributed by atoms with Crippen LogP contribution in [0.3, 0.4) is 0 Å². The molecule has 9 heteroatoms. The first-order valence-corrected chi connectivity index (χ1v) is 12.6. The zero-order valence-electron chi connectivity index (χ0n) is 18.0. The molecule has 1 amide bonds. The van der Waals surface area contributed by atoms with Crippen molar-refractivity contribution in [3.63, 3.8) is 0 Å². The number of aromatic nitrogens is 2. The van der Waals surface area contributed by atoms with Gasteiger partial charge in [-0.25, -0.2) is 8.42 Å². The number of H-pyrrole nitrogens is 1. The van der Waals surface area contributed by atoms with E-state index in [0.29, 0.717) is 42.5 Å². The molecule has 1 aromatic heterocycles. The van der Waals surface area contributed by atoms with Crippen molar-refractivity contribution in [2.24, 2.45) is 0 Å². The Hall–Kier alpha value is -1.90. The fourth-order valence-corrected chi connectivity index (χ4v) is 6.99. The van der Waals surface area contributed by atoms with Crippen molar-refractivity contribution in [1.29, 1.82) is 0 Å². The van der Waals surface area contributed by atoms with Crippen LogP contribution in [0.4, 0.5) is 0 Å². The van der Waals surface area contributed by atoms with Crippen LogP contribution in [0.1, 0.15) is 49.1 Å². The number of halogens is 1. The molecule has 31 heavy (non-hydrogen) atoms.